The zero-order chi connectivity index (χ0) is 18.1. The Kier molecular flexibility index (Phi) is 4.37. The lowest BCUT2D eigenvalue weighted by atomic mass is 10.2. The van der Waals surface area contributed by atoms with Crippen LogP contribution >= 0.6 is 11.8 Å². The van der Waals surface area contributed by atoms with Crippen LogP contribution in [0.25, 0.3) is 11.0 Å². The van der Waals surface area contributed by atoms with E-state index in [1.54, 1.807) is 11.7 Å². The minimum absolute atomic E-state index is 0.117. The number of aromatic nitrogens is 4. The molecule has 0 saturated heterocycles. The Bertz CT molecular complexity index is 1030. The van der Waals surface area contributed by atoms with Gasteiger partial charge in [-0.3, -0.25) is 19.3 Å². The normalized spacial score (nSPS) is 15.8. The molecule has 1 atom stereocenters. The Hall–Kier alpha value is -2.81. The Balaban J connectivity index is 1.48. The Morgan fingerprint density at radius 1 is 1.46 bits per heavy atom. The molecule has 1 aliphatic heterocycles. The molecular formula is C17H17N5O3S. The van der Waals surface area contributed by atoms with Gasteiger partial charge in [0.1, 0.15) is 11.1 Å². The van der Waals surface area contributed by atoms with Crippen LogP contribution in [-0.2, 0) is 11.3 Å². The van der Waals surface area contributed by atoms with E-state index in [2.05, 4.69) is 20.5 Å². The zero-order valence-electron chi connectivity index (χ0n) is 14.1. The number of benzene rings is 1. The molecule has 3 aromatic rings. The molecule has 0 aliphatic carbocycles. The number of aromatic amines is 1. The molecule has 3 heterocycles. The summed E-state index contributed by atoms with van der Waals surface area (Å²) < 4.78 is 6.89. The summed E-state index contributed by atoms with van der Waals surface area (Å²) in [5.41, 5.74) is 1.23. The summed E-state index contributed by atoms with van der Waals surface area (Å²) in [5, 5.41) is 10.5. The van der Waals surface area contributed by atoms with Gasteiger partial charge >= 0.3 is 0 Å². The van der Waals surface area contributed by atoms with Crippen LogP contribution < -0.4 is 15.6 Å². The summed E-state index contributed by atoms with van der Waals surface area (Å²) >= 11 is 1.47. The van der Waals surface area contributed by atoms with E-state index in [1.165, 1.54) is 18.0 Å². The highest BCUT2D eigenvalue weighted by atomic mass is 32.2. The summed E-state index contributed by atoms with van der Waals surface area (Å²) in [6.07, 6.45) is 1.69. The van der Waals surface area contributed by atoms with Crippen molar-refractivity contribution in [2.75, 3.05) is 12.9 Å². The van der Waals surface area contributed by atoms with Gasteiger partial charge in [-0.1, -0.05) is 30.0 Å². The van der Waals surface area contributed by atoms with Crippen molar-refractivity contribution in [3.8, 4) is 5.75 Å². The van der Waals surface area contributed by atoms with Gasteiger partial charge in [-0.05, 0) is 6.07 Å². The van der Waals surface area contributed by atoms with Gasteiger partial charge in [-0.2, -0.15) is 5.10 Å². The molecule has 1 unspecified atom stereocenters. The number of nitrogens with zero attached hydrogens (tertiary/aromatic N) is 3. The molecule has 2 N–H and O–H groups in total. The van der Waals surface area contributed by atoms with Crippen molar-refractivity contribution in [3.05, 3.63) is 46.4 Å². The van der Waals surface area contributed by atoms with Crippen molar-refractivity contribution < 1.29 is 9.53 Å². The molecule has 9 heteroatoms. The smallest absolute Gasteiger partial charge is 0.265 e. The summed E-state index contributed by atoms with van der Waals surface area (Å²) in [5.74, 6) is 1.26. The van der Waals surface area contributed by atoms with Gasteiger partial charge in [-0.15, -0.1) is 0 Å². The number of hydrogen-bond acceptors (Lipinski definition) is 6. The molecule has 1 amide bonds. The maximum atomic E-state index is 12.6. The monoisotopic (exact) mass is 371 g/mol. The minimum Gasteiger partial charge on any atom is -0.496 e. The number of para-hydroxylation sites is 1. The molecule has 0 saturated carbocycles. The van der Waals surface area contributed by atoms with Crippen molar-refractivity contribution in [3.63, 3.8) is 0 Å². The van der Waals surface area contributed by atoms with Crippen molar-refractivity contribution in [1.82, 2.24) is 25.1 Å². The van der Waals surface area contributed by atoms with Gasteiger partial charge in [0.15, 0.2) is 10.8 Å². The second-order valence-electron chi connectivity index (χ2n) is 5.96. The van der Waals surface area contributed by atoms with E-state index in [0.29, 0.717) is 28.5 Å². The molecule has 8 nitrogen and oxygen atoms in total. The molecule has 1 aromatic carbocycles. The highest BCUT2D eigenvalue weighted by Crippen LogP contribution is 2.32. The van der Waals surface area contributed by atoms with Crippen LogP contribution in [0.5, 0.6) is 5.75 Å². The van der Waals surface area contributed by atoms with Crippen LogP contribution in [0.2, 0.25) is 0 Å². The van der Waals surface area contributed by atoms with Crippen LogP contribution in [0.3, 0.4) is 0 Å². The predicted molar refractivity (Wildman–Crippen MR) is 97.4 cm³/mol. The van der Waals surface area contributed by atoms with E-state index < -0.39 is 0 Å². The lowest BCUT2D eigenvalue weighted by molar-refractivity contribution is -0.121. The first kappa shape index (κ1) is 16.6. The molecule has 1 aliphatic rings. The number of hydrogen-bond donors (Lipinski definition) is 2. The fraction of sp³-hybridized carbons (Fsp3) is 0.294. The van der Waals surface area contributed by atoms with E-state index in [-0.39, 0.29) is 23.9 Å². The van der Waals surface area contributed by atoms with Crippen LogP contribution in [0.15, 0.2) is 40.4 Å². The van der Waals surface area contributed by atoms with Crippen LogP contribution in [0.4, 0.5) is 0 Å². The third kappa shape index (κ3) is 2.94. The number of ether oxygens (including phenoxy) is 1. The Morgan fingerprint density at radius 2 is 2.31 bits per heavy atom. The molecule has 0 radical (unpaired) electrons. The third-order valence-corrected chi connectivity index (χ3v) is 5.44. The molecule has 0 fully saturated rings. The Labute approximate surface area is 153 Å². The fourth-order valence-electron chi connectivity index (χ4n) is 3.04. The number of fused-ring (bicyclic) bond motifs is 2. The largest absolute Gasteiger partial charge is 0.496 e. The number of nitrogens with one attached hydrogen (secondary N) is 2. The van der Waals surface area contributed by atoms with Gasteiger partial charge in [-0.25, -0.2) is 4.98 Å². The summed E-state index contributed by atoms with van der Waals surface area (Å²) in [7, 11) is 1.60. The van der Waals surface area contributed by atoms with Crippen molar-refractivity contribution in [2.24, 2.45) is 0 Å². The van der Waals surface area contributed by atoms with Gasteiger partial charge in [0, 0.05) is 24.3 Å². The standard InChI is InChI=1S/C17H17N5O3S/c1-25-13-5-3-2-4-10(13)7-18-14(23)6-11-9-26-17-20-15-12(8-19-21-15)16(24)22(11)17/h2-5,8,11H,6-7,9H2,1H3,(H,18,23)(H,19,21). The van der Waals surface area contributed by atoms with Gasteiger partial charge in [0.05, 0.1) is 19.3 Å². The first-order valence-electron chi connectivity index (χ1n) is 8.14. The molecule has 4 rings (SSSR count). The third-order valence-electron chi connectivity index (χ3n) is 4.34. The maximum absolute atomic E-state index is 12.6. The first-order valence-corrected chi connectivity index (χ1v) is 9.13. The van der Waals surface area contributed by atoms with Gasteiger partial charge < -0.3 is 10.1 Å². The summed E-state index contributed by atoms with van der Waals surface area (Å²) in [4.78, 5) is 29.4. The first-order chi connectivity index (χ1) is 12.7. The number of rotatable bonds is 5. The van der Waals surface area contributed by atoms with Gasteiger partial charge in [0.25, 0.3) is 5.56 Å². The molecule has 0 spiro atoms. The highest BCUT2D eigenvalue weighted by Gasteiger charge is 2.28. The van der Waals surface area contributed by atoms with E-state index in [9.17, 15) is 9.59 Å². The van der Waals surface area contributed by atoms with Crippen LogP contribution in [-0.4, -0.2) is 38.5 Å². The second kappa shape index (κ2) is 6.83. The molecule has 0 bridgehead atoms. The molecule has 26 heavy (non-hydrogen) atoms. The maximum Gasteiger partial charge on any atom is 0.265 e. The summed E-state index contributed by atoms with van der Waals surface area (Å²) in [6.45, 7) is 0.378. The number of methoxy groups -OCH3 is 1. The summed E-state index contributed by atoms with van der Waals surface area (Å²) in [6, 6.07) is 7.32. The van der Waals surface area contributed by atoms with Gasteiger partial charge in [0.2, 0.25) is 5.91 Å². The van der Waals surface area contributed by atoms with E-state index in [1.807, 2.05) is 24.3 Å². The average molecular weight is 371 g/mol. The zero-order valence-corrected chi connectivity index (χ0v) is 14.9. The van der Waals surface area contributed by atoms with Crippen molar-refractivity contribution in [2.45, 2.75) is 24.2 Å². The van der Waals surface area contributed by atoms with E-state index in [0.717, 1.165) is 11.3 Å². The fourth-order valence-corrected chi connectivity index (χ4v) is 4.17. The molecule has 134 valence electrons. The van der Waals surface area contributed by atoms with Crippen LogP contribution in [0, 0.1) is 0 Å². The quantitative estimate of drug-likeness (QED) is 0.659. The van der Waals surface area contributed by atoms with E-state index in [4.69, 9.17) is 4.74 Å². The van der Waals surface area contributed by atoms with E-state index >= 15 is 0 Å². The minimum atomic E-state index is -0.216. The number of carbonyl (C=O) groups is 1. The van der Waals surface area contributed by atoms with Crippen molar-refractivity contribution in [1.29, 1.82) is 0 Å². The molecule has 2 aromatic heterocycles. The topological polar surface area (TPSA) is 102 Å². The lowest BCUT2D eigenvalue weighted by Gasteiger charge is -2.14. The predicted octanol–water partition coefficient (Wildman–Crippen LogP) is 1.48. The number of H-pyrrole nitrogens is 1. The van der Waals surface area contributed by atoms with Crippen LogP contribution in [0.1, 0.15) is 18.0 Å². The molecular weight excluding hydrogens is 354 g/mol. The number of thioether (sulfide) groups is 1. The lowest BCUT2D eigenvalue weighted by Crippen LogP contribution is -2.30. The number of carbonyl (C=O) groups excluding carboxylic acids is 1. The number of amides is 1. The van der Waals surface area contributed by atoms with Crippen molar-refractivity contribution >= 4 is 28.7 Å². The average Bonchev–Trinajstić information content (AvgIpc) is 3.28. The SMILES string of the molecule is COc1ccccc1CNC(=O)CC1CSc2nc3[nH]ncc3c(=O)n21. The highest BCUT2D eigenvalue weighted by molar-refractivity contribution is 7.99. The Morgan fingerprint density at radius 3 is 3.15 bits per heavy atom. The second-order valence-corrected chi connectivity index (χ2v) is 6.95.